The van der Waals surface area contributed by atoms with Crippen LogP contribution in [0.1, 0.15) is 25.7 Å². The van der Waals surface area contributed by atoms with Crippen molar-refractivity contribution in [3.8, 4) is 0 Å². The van der Waals surface area contributed by atoms with Crippen molar-refractivity contribution in [3.05, 3.63) is 29.3 Å². The van der Waals surface area contributed by atoms with Crippen LogP contribution >= 0.6 is 11.6 Å². The zero-order valence-electron chi connectivity index (χ0n) is 14.3. The van der Waals surface area contributed by atoms with Crippen LogP contribution in [0.3, 0.4) is 0 Å². The average molecular weight is 362 g/mol. The third kappa shape index (κ3) is 3.15. The maximum Gasteiger partial charge on any atom is 0.239 e. The number of halogens is 1. The first kappa shape index (κ1) is 16.9. The largest absolute Gasteiger partial charge is 0.342 e. The molecule has 3 fully saturated rings. The molecule has 3 aliphatic heterocycles. The van der Waals surface area contributed by atoms with Gasteiger partial charge in [0.05, 0.1) is 0 Å². The van der Waals surface area contributed by atoms with Crippen LogP contribution < -0.4 is 10.2 Å². The van der Waals surface area contributed by atoms with Gasteiger partial charge in [0.2, 0.25) is 11.8 Å². The fourth-order valence-electron chi connectivity index (χ4n) is 4.43. The van der Waals surface area contributed by atoms with Crippen LogP contribution in [0.15, 0.2) is 24.3 Å². The lowest BCUT2D eigenvalue weighted by atomic mass is 9.77. The predicted octanol–water partition coefficient (Wildman–Crippen LogP) is 2.29. The molecule has 25 heavy (non-hydrogen) atoms. The molecule has 3 saturated heterocycles. The van der Waals surface area contributed by atoms with E-state index in [0.717, 1.165) is 44.7 Å². The van der Waals surface area contributed by atoms with E-state index in [1.807, 2.05) is 17.0 Å². The first-order valence-electron chi connectivity index (χ1n) is 9.15. The van der Waals surface area contributed by atoms with Gasteiger partial charge in [-0.15, -0.1) is 0 Å². The van der Waals surface area contributed by atoms with Crippen molar-refractivity contribution < 1.29 is 9.59 Å². The number of nitrogens with zero attached hydrogens (tertiary/aromatic N) is 2. The van der Waals surface area contributed by atoms with E-state index >= 15 is 0 Å². The second kappa shape index (κ2) is 6.61. The summed E-state index contributed by atoms with van der Waals surface area (Å²) in [7, 11) is 0. The first-order valence-corrected chi connectivity index (χ1v) is 9.52. The SMILES string of the molecule is O=C(C1CCN(c2ccc(Cl)cc2)C1=O)N1CCC2(CCNC2)CC1. The summed E-state index contributed by atoms with van der Waals surface area (Å²) in [5, 5.41) is 4.09. The van der Waals surface area contributed by atoms with E-state index in [0.29, 0.717) is 23.4 Å². The highest BCUT2D eigenvalue weighted by Gasteiger charge is 2.43. The molecule has 1 aromatic rings. The van der Waals surface area contributed by atoms with Crippen LogP contribution in [-0.2, 0) is 9.59 Å². The third-order valence-corrected chi connectivity index (χ3v) is 6.36. The van der Waals surface area contributed by atoms with Gasteiger partial charge >= 0.3 is 0 Å². The van der Waals surface area contributed by atoms with Crippen LogP contribution in [0.5, 0.6) is 0 Å². The molecule has 6 heteroatoms. The van der Waals surface area contributed by atoms with Gasteiger partial charge in [-0.25, -0.2) is 0 Å². The van der Waals surface area contributed by atoms with E-state index < -0.39 is 5.92 Å². The molecule has 2 amide bonds. The quantitative estimate of drug-likeness (QED) is 0.822. The molecule has 0 aliphatic carbocycles. The van der Waals surface area contributed by atoms with Gasteiger partial charge in [-0.05, 0) is 61.9 Å². The number of rotatable bonds is 2. The van der Waals surface area contributed by atoms with Crippen LogP contribution in [0.25, 0.3) is 0 Å². The maximum absolute atomic E-state index is 12.9. The highest BCUT2D eigenvalue weighted by molar-refractivity contribution is 6.30. The van der Waals surface area contributed by atoms with Crippen LogP contribution in [0.4, 0.5) is 5.69 Å². The zero-order valence-corrected chi connectivity index (χ0v) is 15.1. The molecule has 5 nitrogen and oxygen atoms in total. The predicted molar refractivity (Wildman–Crippen MR) is 97.6 cm³/mol. The smallest absolute Gasteiger partial charge is 0.239 e. The van der Waals surface area contributed by atoms with E-state index in [4.69, 9.17) is 11.6 Å². The molecule has 3 heterocycles. The van der Waals surface area contributed by atoms with E-state index in [-0.39, 0.29) is 11.8 Å². The molecule has 1 atom stereocenters. The number of hydrogen-bond acceptors (Lipinski definition) is 3. The van der Waals surface area contributed by atoms with Crippen LogP contribution in [0.2, 0.25) is 5.02 Å². The van der Waals surface area contributed by atoms with Gasteiger partial charge in [0.1, 0.15) is 5.92 Å². The minimum absolute atomic E-state index is 0.0160. The standard InChI is InChI=1S/C19H24ClN3O2/c20-14-1-3-15(4-2-14)23-10-5-16(18(23)25)17(24)22-11-7-19(8-12-22)6-9-21-13-19/h1-4,16,21H,5-13H2. The van der Waals surface area contributed by atoms with Crippen molar-refractivity contribution in [2.24, 2.45) is 11.3 Å². The summed E-state index contributed by atoms with van der Waals surface area (Å²) in [5.41, 5.74) is 1.20. The number of piperidine rings is 1. The molecular formula is C19H24ClN3O2. The first-order chi connectivity index (χ1) is 12.1. The lowest BCUT2D eigenvalue weighted by Crippen LogP contribution is -2.47. The van der Waals surface area contributed by atoms with Gasteiger partial charge in [-0.2, -0.15) is 0 Å². The second-order valence-electron chi connectivity index (χ2n) is 7.56. The third-order valence-electron chi connectivity index (χ3n) is 6.11. The highest BCUT2D eigenvalue weighted by atomic mass is 35.5. The monoisotopic (exact) mass is 361 g/mol. The van der Waals surface area contributed by atoms with Gasteiger partial charge in [0.15, 0.2) is 0 Å². The Morgan fingerprint density at radius 2 is 1.84 bits per heavy atom. The Morgan fingerprint density at radius 3 is 2.48 bits per heavy atom. The number of benzene rings is 1. The van der Waals surface area contributed by atoms with Crippen molar-refractivity contribution in [2.45, 2.75) is 25.7 Å². The Kier molecular flexibility index (Phi) is 4.46. The van der Waals surface area contributed by atoms with E-state index in [9.17, 15) is 9.59 Å². The van der Waals surface area contributed by atoms with Crippen molar-refractivity contribution in [1.29, 1.82) is 0 Å². The maximum atomic E-state index is 12.9. The Balaban J connectivity index is 1.40. The molecule has 1 N–H and O–H groups in total. The Bertz CT molecular complexity index is 660. The molecule has 1 unspecified atom stereocenters. The van der Waals surface area contributed by atoms with Crippen molar-refractivity contribution in [2.75, 3.05) is 37.6 Å². The summed E-state index contributed by atoms with van der Waals surface area (Å²) >= 11 is 5.92. The van der Waals surface area contributed by atoms with Crippen LogP contribution in [0, 0.1) is 11.3 Å². The lowest BCUT2D eigenvalue weighted by molar-refractivity contribution is -0.141. The van der Waals surface area contributed by atoms with Gasteiger partial charge in [0, 0.05) is 36.9 Å². The fourth-order valence-corrected chi connectivity index (χ4v) is 4.56. The topological polar surface area (TPSA) is 52.7 Å². The highest BCUT2D eigenvalue weighted by Crippen LogP contribution is 2.38. The molecule has 1 aromatic carbocycles. The molecule has 0 aromatic heterocycles. The summed E-state index contributed by atoms with van der Waals surface area (Å²) in [6.07, 6.45) is 3.91. The summed E-state index contributed by atoms with van der Waals surface area (Å²) < 4.78 is 0. The zero-order chi connectivity index (χ0) is 17.4. The second-order valence-corrected chi connectivity index (χ2v) is 8.00. The summed E-state index contributed by atoms with van der Waals surface area (Å²) in [6, 6.07) is 7.23. The van der Waals surface area contributed by atoms with Crippen LogP contribution in [-0.4, -0.2) is 49.4 Å². The Hall–Kier alpha value is -1.59. The number of amides is 2. The molecule has 3 aliphatic rings. The Labute approximate surface area is 153 Å². The number of carbonyl (C=O) groups is 2. The molecule has 0 saturated carbocycles. The van der Waals surface area contributed by atoms with Crippen molar-refractivity contribution >= 4 is 29.1 Å². The number of hydrogen-bond donors (Lipinski definition) is 1. The number of likely N-dealkylation sites (tertiary alicyclic amines) is 1. The average Bonchev–Trinajstić information content (AvgIpc) is 3.23. The Morgan fingerprint density at radius 1 is 1.12 bits per heavy atom. The van der Waals surface area contributed by atoms with E-state index in [1.165, 1.54) is 6.42 Å². The normalized spacial score (nSPS) is 25.8. The van der Waals surface area contributed by atoms with Gasteiger partial charge in [-0.1, -0.05) is 11.6 Å². The number of nitrogens with one attached hydrogen (secondary N) is 1. The van der Waals surface area contributed by atoms with E-state index in [2.05, 4.69) is 5.32 Å². The molecule has 4 rings (SSSR count). The minimum Gasteiger partial charge on any atom is -0.342 e. The van der Waals surface area contributed by atoms with Crippen molar-refractivity contribution in [3.63, 3.8) is 0 Å². The summed E-state index contributed by atoms with van der Waals surface area (Å²) in [6.45, 7) is 4.32. The fraction of sp³-hybridized carbons (Fsp3) is 0.579. The summed E-state index contributed by atoms with van der Waals surface area (Å²) in [5.74, 6) is -0.580. The number of carbonyl (C=O) groups excluding carboxylic acids is 2. The minimum atomic E-state index is -0.522. The van der Waals surface area contributed by atoms with Gasteiger partial charge in [-0.3, -0.25) is 9.59 Å². The molecule has 1 spiro atoms. The molecular weight excluding hydrogens is 338 g/mol. The lowest BCUT2D eigenvalue weighted by Gasteiger charge is -2.39. The van der Waals surface area contributed by atoms with Gasteiger partial charge in [0.25, 0.3) is 0 Å². The van der Waals surface area contributed by atoms with Gasteiger partial charge < -0.3 is 15.1 Å². The molecule has 0 radical (unpaired) electrons. The number of anilines is 1. The molecule has 134 valence electrons. The summed E-state index contributed by atoms with van der Waals surface area (Å²) in [4.78, 5) is 29.3. The van der Waals surface area contributed by atoms with Crippen molar-refractivity contribution in [1.82, 2.24) is 10.2 Å². The molecule has 0 bridgehead atoms. The van der Waals surface area contributed by atoms with E-state index in [1.54, 1.807) is 17.0 Å².